The molecule has 0 bridgehead atoms. The van der Waals surface area contributed by atoms with Crippen LogP contribution < -0.4 is 4.74 Å². The molecule has 0 N–H and O–H groups in total. The van der Waals surface area contributed by atoms with E-state index >= 15 is 0 Å². The number of ether oxygens (including phenoxy) is 1. The molecule has 0 aliphatic heterocycles. The molecule has 0 radical (unpaired) electrons. The van der Waals surface area contributed by atoms with Gasteiger partial charge in [0, 0.05) is 0 Å². The molecule has 0 spiro atoms. The van der Waals surface area contributed by atoms with Crippen LogP contribution in [0.2, 0.25) is 0 Å². The van der Waals surface area contributed by atoms with Gasteiger partial charge in [-0.3, -0.25) is 0 Å². The minimum Gasteiger partial charge on any atom is -0.487 e. The van der Waals surface area contributed by atoms with Crippen LogP contribution in [0, 0.1) is 20.8 Å². The van der Waals surface area contributed by atoms with Crippen LogP contribution >= 0.6 is 0 Å². The van der Waals surface area contributed by atoms with Crippen molar-refractivity contribution < 1.29 is 13.6 Å². The van der Waals surface area contributed by atoms with Crippen LogP contribution in [0.25, 0.3) is 11.7 Å². The smallest absolute Gasteiger partial charge is 0.263 e. The summed E-state index contributed by atoms with van der Waals surface area (Å²) in [5.74, 6) is 2.71. The summed E-state index contributed by atoms with van der Waals surface area (Å²) in [7, 11) is 0. The Morgan fingerprint density at radius 2 is 2.00 bits per heavy atom. The Kier molecular flexibility index (Phi) is 3.52. The lowest BCUT2D eigenvalue weighted by atomic mass is 10.1. The second-order valence-corrected chi connectivity index (χ2v) is 5.06. The van der Waals surface area contributed by atoms with E-state index in [-0.39, 0.29) is 0 Å². The Labute approximate surface area is 123 Å². The molecule has 3 aromatic rings. The van der Waals surface area contributed by atoms with Gasteiger partial charge in [-0.15, -0.1) is 0 Å². The molecule has 2 aromatic heterocycles. The maximum atomic E-state index is 5.84. The molecule has 0 unspecified atom stereocenters. The number of hydrogen-bond donors (Lipinski definition) is 0. The lowest BCUT2D eigenvalue weighted by Crippen LogP contribution is -1.99. The number of benzene rings is 1. The third kappa shape index (κ3) is 2.84. The van der Waals surface area contributed by atoms with Crippen LogP contribution in [0.15, 0.2) is 45.4 Å². The van der Waals surface area contributed by atoms with Crippen molar-refractivity contribution in [3.63, 3.8) is 0 Å². The third-order valence-corrected chi connectivity index (χ3v) is 3.32. The van der Waals surface area contributed by atoms with Gasteiger partial charge in [0.05, 0.1) is 6.26 Å². The maximum Gasteiger partial charge on any atom is 0.263 e. The molecule has 0 amide bonds. The number of aryl methyl sites for hydroxylation is 3. The predicted molar refractivity (Wildman–Crippen MR) is 79.2 cm³/mol. The number of hydrogen-bond acceptors (Lipinski definition) is 4. The van der Waals surface area contributed by atoms with E-state index in [1.54, 1.807) is 12.3 Å². The maximum absolute atomic E-state index is 5.84. The molecule has 0 saturated heterocycles. The standard InChI is InChI=1S/C17H17NO3/c1-11-6-7-15(12(2)9-11)20-10-14-13(3)21-17(18-14)16-5-4-8-19-16/h4-9H,10H2,1-3H3. The average Bonchev–Trinajstić information content (AvgIpc) is 3.07. The van der Waals surface area contributed by atoms with Crippen LogP contribution in [0.4, 0.5) is 0 Å². The average molecular weight is 283 g/mol. The summed E-state index contributed by atoms with van der Waals surface area (Å²) >= 11 is 0. The van der Waals surface area contributed by atoms with Crippen molar-refractivity contribution in [3.05, 3.63) is 59.2 Å². The minimum atomic E-state index is 0.375. The van der Waals surface area contributed by atoms with Crippen molar-refractivity contribution in [3.8, 4) is 17.4 Å². The first-order valence-corrected chi connectivity index (χ1v) is 6.84. The first-order chi connectivity index (χ1) is 10.1. The van der Waals surface area contributed by atoms with Gasteiger partial charge in [-0.2, -0.15) is 0 Å². The minimum absolute atomic E-state index is 0.375. The van der Waals surface area contributed by atoms with Gasteiger partial charge < -0.3 is 13.6 Å². The summed E-state index contributed by atoms with van der Waals surface area (Å²) in [5.41, 5.74) is 3.11. The fourth-order valence-electron chi connectivity index (χ4n) is 2.17. The SMILES string of the molecule is Cc1ccc(OCc2nc(-c3ccco3)oc2C)c(C)c1. The van der Waals surface area contributed by atoms with Gasteiger partial charge in [-0.1, -0.05) is 17.7 Å². The van der Waals surface area contributed by atoms with Crippen LogP contribution in [-0.2, 0) is 6.61 Å². The van der Waals surface area contributed by atoms with Crippen molar-refractivity contribution in [1.29, 1.82) is 0 Å². The van der Waals surface area contributed by atoms with E-state index in [2.05, 4.69) is 18.0 Å². The highest BCUT2D eigenvalue weighted by molar-refractivity contribution is 5.44. The molecular weight excluding hydrogens is 266 g/mol. The van der Waals surface area contributed by atoms with Crippen molar-refractivity contribution in [2.24, 2.45) is 0 Å². The number of oxazole rings is 1. The molecule has 0 saturated carbocycles. The molecule has 0 aliphatic rings. The molecule has 0 fully saturated rings. The normalized spacial score (nSPS) is 10.8. The van der Waals surface area contributed by atoms with E-state index in [9.17, 15) is 0 Å². The number of rotatable bonds is 4. The highest BCUT2D eigenvalue weighted by Gasteiger charge is 2.14. The van der Waals surface area contributed by atoms with Crippen molar-refractivity contribution in [2.45, 2.75) is 27.4 Å². The zero-order valence-corrected chi connectivity index (χ0v) is 12.3. The quantitative estimate of drug-likeness (QED) is 0.710. The van der Waals surface area contributed by atoms with Gasteiger partial charge >= 0.3 is 0 Å². The van der Waals surface area contributed by atoms with Gasteiger partial charge in [0.1, 0.15) is 23.8 Å². The second kappa shape index (κ2) is 5.48. The Bertz CT molecular complexity index is 741. The summed E-state index contributed by atoms with van der Waals surface area (Å²) in [6.07, 6.45) is 1.60. The molecule has 2 heterocycles. The van der Waals surface area contributed by atoms with E-state index in [4.69, 9.17) is 13.6 Å². The van der Waals surface area contributed by atoms with Gasteiger partial charge in [0.25, 0.3) is 5.89 Å². The fraction of sp³-hybridized carbons (Fsp3) is 0.235. The lowest BCUT2D eigenvalue weighted by Gasteiger charge is -2.08. The van der Waals surface area contributed by atoms with Crippen LogP contribution in [0.5, 0.6) is 5.75 Å². The van der Waals surface area contributed by atoms with Gasteiger partial charge in [0.15, 0.2) is 5.76 Å². The summed E-state index contributed by atoms with van der Waals surface area (Å²) in [4.78, 5) is 4.43. The number of nitrogens with zero attached hydrogens (tertiary/aromatic N) is 1. The molecular formula is C17H17NO3. The Morgan fingerprint density at radius 1 is 1.14 bits per heavy atom. The summed E-state index contributed by atoms with van der Waals surface area (Å²) in [6, 6.07) is 9.74. The third-order valence-electron chi connectivity index (χ3n) is 3.32. The molecule has 108 valence electrons. The Morgan fingerprint density at radius 3 is 2.71 bits per heavy atom. The monoisotopic (exact) mass is 283 g/mol. The topological polar surface area (TPSA) is 48.4 Å². The molecule has 3 rings (SSSR count). The lowest BCUT2D eigenvalue weighted by molar-refractivity contribution is 0.297. The van der Waals surface area contributed by atoms with Crippen molar-refractivity contribution in [2.75, 3.05) is 0 Å². The second-order valence-electron chi connectivity index (χ2n) is 5.06. The Balaban J connectivity index is 1.76. The first-order valence-electron chi connectivity index (χ1n) is 6.84. The fourth-order valence-corrected chi connectivity index (χ4v) is 2.17. The van der Waals surface area contributed by atoms with E-state index in [0.717, 1.165) is 22.8 Å². The van der Waals surface area contributed by atoms with E-state index < -0.39 is 0 Å². The highest BCUT2D eigenvalue weighted by Crippen LogP contribution is 2.24. The molecule has 21 heavy (non-hydrogen) atoms. The summed E-state index contributed by atoms with van der Waals surface area (Å²) in [5, 5.41) is 0. The molecule has 1 aromatic carbocycles. The molecule has 0 atom stereocenters. The van der Waals surface area contributed by atoms with Gasteiger partial charge in [-0.05, 0) is 44.5 Å². The first kappa shape index (κ1) is 13.5. The van der Waals surface area contributed by atoms with E-state index in [1.807, 2.05) is 32.0 Å². The highest BCUT2D eigenvalue weighted by atomic mass is 16.5. The van der Waals surface area contributed by atoms with Crippen LogP contribution in [0.3, 0.4) is 0 Å². The molecule has 4 nitrogen and oxygen atoms in total. The van der Waals surface area contributed by atoms with Gasteiger partial charge in [-0.25, -0.2) is 4.98 Å². The van der Waals surface area contributed by atoms with E-state index in [1.165, 1.54) is 5.56 Å². The number of aromatic nitrogens is 1. The zero-order chi connectivity index (χ0) is 14.8. The van der Waals surface area contributed by atoms with E-state index in [0.29, 0.717) is 18.3 Å². The van der Waals surface area contributed by atoms with Crippen molar-refractivity contribution >= 4 is 0 Å². The summed E-state index contributed by atoms with van der Waals surface area (Å²) < 4.78 is 16.7. The van der Waals surface area contributed by atoms with Crippen LogP contribution in [-0.4, -0.2) is 4.98 Å². The zero-order valence-electron chi connectivity index (χ0n) is 12.3. The molecule has 0 aliphatic carbocycles. The number of furan rings is 1. The van der Waals surface area contributed by atoms with Crippen molar-refractivity contribution in [1.82, 2.24) is 4.98 Å². The largest absolute Gasteiger partial charge is 0.487 e. The molecule has 4 heteroatoms. The predicted octanol–water partition coefficient (Wildman–Crippen LogP) is 4.44. The van der Waals surface area contributed by atoms with Crippen LogP contribution in [0.1, 0.15) is 22.6 Å². The van der Waals surface area contributed by atoms with Gasteiger partial charge in [0.2, 0.25) is 0 Å². The Hall–Kier alpha value is -2.49. The summed E-state index contributed by atoms with van der Waals surface area (Å²) in [6.45, 7) is 6.35.